The minimum absolute atomic E-state index is 0. The van der Waals surface area contributed by atoms with Crippen molar-refractivity contribution in [1.82, 2.24) is 10.2 Å². The second-order valence-electron chi connectivity index (χ2n) is 5.93. The number of likely N-dealkylation sites (tertiary alicyclic amines) is 1. The van der Waals surface area contributed by atoms with Gasteiger partial charge in [-0.2, -0.15) is 0 Å². The third-order valence-corrected chi connectivity index (χ3v) is 4.39. The molecule has 0 bridgehead atoms. The lowest BCUT2D eigenvalue weighted by Crippen LogP contribution is -2.48. The zero-order chi connectivity index (χ0) is 15.4. The first-order valence-corrected chi connectivity index (χ1v) is 8.00. The number of benzene rings is 1. The maximum atomic E-state index is 12.5. The van der Waals surface area contributed by atoms with E-state index in [1.54, 1.807) is 4.90 Å². The minimum Gasteiger partial charge on any atom is -0.459 e. The summed E-state index contributed by atoms with van der Waals surface area (Å²) in [5.74, 6) is -0.232. The van der Waals surface area contributed by atoms with Crippen molar-refractivity contribution in [2.45, 2.75) is 44.4 Å². The van der Waals surface area contributed by atoms with Crippen molar-refractivity contribution < 1.29 is 14.3 Å². The number of esters is 1. The number of hydrogen-bond acceptors (Lipinski definition) is 4. The summed E-state index contributed by atoms with van der Waals surface area (Å²) >= 11 is 0. The number of nitrogens with zero attached hydrogens (tertiary/aromatic N) is 1. The zero-order valence-electron chi connectivity index (χ0n) is 13.1. The normalized spacial score (nSPS) is 23.4. The van der Waals surface area contributed by atoms with E-state index in [9.17, 15) is 9.59 Å². The Morgan fingerprint density at radius 2 is 1.96 bits per heavy atom. The van der Waals surface area contributed by atoms with Gasteiger partial charge in [0, 0.05) is 6.54 Å². The van der Waals surface area contributed by atoms with Gasteiger partial charge in [0.15, 0.2) is 0 Å². The molecule has 2 aliphatic heterocycles. The highest BCUT2D eigenvalue weighted by molar-refractivity contribution is 5.88. The van der Waals surface area contributed by atoms with Crippen LogP contribution in [0.2, 0.25) is 0 Å². The Morgan fingerprint density at radius 1 is 1.17 bits per heavy atom. The number of hydrogen-bond donors (Lipinski definition) is 1. The molecule has 2 saturated heterocycles. The van der Waals surface area contributed by atoms with Gasteiger partial charge in [-0.25, -0.2) is 4.79 Å². The summed E-state index contributed by atoms with van der Waals surface area (Å²) in [5.41, 5.74) is 0.962. The molecule has 2 fully saturated rings. The fourth-order valence-electron chi connectivity index (χ4n) is 3.20. The van der Waals surface area contributed by atoms with Crippen molar-refractivity contribution in [3.8, 4) is 0 Å². The van der Waals surface area contributed by atoms with Crippen LogP contribution >= 0.6 is 12.4 Å². The molecule has 2 atom stereocenters. The van der Waals surface area contributed by atoms with Crippen LogP contribution in [-0.2, 0) is 20.9 Å². The number of carbonyl (C=O) groups is 2. The number of ether oxygens (including phenoxy) is 1. The average molecular weight is 339 g/mol. The molecule has 5 nitrogen and oxygen atoms in total. The molecule has 0 aliphatic carbocycles. The van der Waals surface area contributed by atoms with Gasteiger partial charge in [0.05, 0.1) is 6.04 Å². The number of amides is 1. The molecule has 3 rings (SSSR count). The largest absolute Gasteiger partial charge is 0.459 e. The third-order valence-electron chi connectivity index (χ3n) is 4.39. The molecule has 1 amide bonds. The lowest BCUT2D eigenvalue weighted by Gasteiger charge is -2.26. The Labute approximate surface area is 142 Å². The average Bonchev–Trinajstić information content (AvgIpc) is 3.24. The fraction of sp³-hybridized carbons (Fsp3) is 0.529. The van der Waals surface area contributed by atoms with Crippen LogP contribution in [0.4, 0.5) is 0 Å². The van der Waals surface area contributed by atoms with Crippen molar-refractivity contribution in [1.29, 1.82) is 0 Å². The second kappa shape index (κ2) is 8.31. The van der Waals surface area contributed by atoms with Crippen LogP contribution in [0.25, 0.3) is 0 Å². The summed E-state index contributed by atoms with van der Waals surface area (Å²) in [6, 6.07) is 9.07. The third kappa shape index (κ3) is 4.24. The molecule has 0 aromatic heterocycles. The van der Waals surface area contributed by atoms with E-state index < -0.39 is 6.04 Å². The van der Waals surface area contributed by atoms with Crippen LogP contribution < -0.4 is 5.32 Å². The van der Waals surface area contributed by atoms with Crippen molar-refractivity contribution in [3.05, 3.63) is 35.9 Å². The lowest BCUT2D eigenvalue weighted by molar-refractivity contribution is -0.155. The number of carbonyl (C=O) groups excluding carboxylic acids is 2. The maximum Gasteiger partial charge on any atom is 0.329 e. The molecule has 23 heavy (non-hydrogen) atoms. The highest BCUT2D eigenvalue weighted by Gasteiger charge is 2.38. The van der Waals surface area contributed by atoms with E-state index in [0.717, 1.165) is 31.4 Å². The Bertz CT molecular complexity index is 532. The van der Waals surface area contributed by atoms with Gasteiger partial charge in [-0.1, -0.05) is 30.3 Å². The minimum atomic E-state index is -0.418. The smallest absolute Gasteiger partial charge is 0.329 e. The van der Waals surface area contributed by atoms with Crippen LogP contribution in [0.1, 0.15) is 31.2 Å². The van der Waals surface area contributed by atoms with Gasteiger partial charge in [-0.3, -0.25) is 4.79 Å². The molecule has 2 heterocycles. The van der Waals surface area contributed by atoms with E-state index in [1.165, 1.54) is 0 Å². The fourth-order valence-corrected chi connectivity index (χ4v) is 3.20. The predicted molar refractivity (Wildman–Crippen MR) is 89.2 cm³/mol. The molecule has 0 spiro atoms. The Morgan fingerprint density at radius 3 is 2.65 bits per heavy atom. The van der Waals surface area contributed by atoms with Gasteiger partial charge in [-0.15, -0.1) is 12.4 Å². The van der Waals surface area contributed by atoms with Gasteiger partial charge in [0.2, 0.25) is 5.91 Å². The van der Waals surface area contributed by atoms with Gasteiger partial charge in [0.25, 0.3) is 0 Å². The summed E-state index contributed by atoms with van der Waals surface area (Å²) < 4.78 is 5.40. The molecule has 0 unspecified atom stereocenters. The second-order valence-corrected chi connectivity index (χ2v) is 5.93. The summed E-state index contributed by atoms with van der Waals surface area (Å²) in [5, 5.41) is 3.21. The number of nitrogens with one attached hydrogen (secondary N) is 1. The standard InChI is InChI=1S/C17H22N2O3.ClH/c20-16(14-8-4-10-18-14)19-11-5-9-15(19)17(21)22-12-13-6-2-1-3-7-13;/h1-3,6-7,14-15,18H,4-5,8-12H2;1H/t14-,15-;/m0./s1. The van der Waals surface area contributed by atoms with Crippen LogP contribution in [0, 0.1) is 0 Å². The lowest BCUT2D eigenvalue weighted by atomic mass is 10.1. The summed E-state index contributed by atoms with van der Waals surface area (Å²) in [6.07, 6.45) is 3.45. The van der Waals surface area contributed by atoms with Crippen molar-refractivity contribution >= 4 is 24.3 Å². The molecular formula is C17H23ClN2O3. The Kier molecular flexibility index (Phi) is 6.42. The first kappa shape index (κ1) is 17.8. The SMILES string of the molecule is Cl.O=C(OCc1ccccc1)[C@@H]1CCCN1C(=O)[C@@H]1CCCN1. The number of rotatable bonds is 4. The quantitative estimate of drug-likeness (QED) is 0.852. The summed E-state index contributed by atoms with van der Waals surface area (Å²) in [4.78, 5) is 26.5. The van der Waals surface area contributed by atoms with Crippen LogP contribution in [0.5, 0.6) is 0 Å². The zero-order valence-corrected chi connectivity index (χ0v) is 13.9. The molecular weight excluding hydrogens is 316 g/mol. The van der Waals surface area contributed by atoms with E-state index in [4.69, 9.17) is 4.74 Å². The summed E-state index contributed by atoms with van der Waals surface area (Å²) in [6.45, 7) is 1.80. The monoisotopic (exact) mass is 338 g/mol. The highest BCUT2D eigenvalue weighted by Crippen LogP contribution is 2.22. The molecule has 6 heteroatoms. The molecule has 1 N–H and O–H groups in total. The molecule has 2 aliphatic rings. The van der Waals surface area contributed by atoms with Gasteiger partial charge < -0.3 is 15.0 Å². The molecule has 0 radical (unpaired) electrons. The molecule has 126 valence electrons. The predicted octanol–water partition coefficient (Wildman–Crippen LogP) is 1.89. The molecule has 1 aromatic carbocycles. The van der Waals surface area contributed by atoms with Crippen LogP contribution in [-0.4, -0.2) is 41.9 Å². The van der Waals surface area contributed by atoms with Crippen molar-refractivity contribution in [2.24, 2.45) is 0 Å². The van der Waals surface area contributed by atoms with Crippen LogP contribution in [0.3, 0.4) is 0 Å². The first-order chi connectivity index (χ1) is 10.8. The van der Waals surface area contributed by atoms with Gasteiger partial charge >= 0.3 is 5.97 Å². The number of halogens is 1. The van der Waals surface area contributed by atoms with E-state index in [2.05, 4.69) is 5.32 Å². The van der Waals surface area contributed by atoms with E-state index in [0.29, 0.717) is 13.0 Å². The van der Waals surface area contributed by atoms with Gasteiger partial charge in [0.1, 0.15) is 12.6 Å². The summed E-state index contributed by atoms with van der Waals surface area (Å²) in [7, 11) is 0. The van der Waals surface area contributed by atoms with Crippen LogP contribution in [0.15, 0.2) is 30.3 Å². The Hall–Kier alpha value is -1.59. The van der Waals surface area contributed by atoms with Crippen molar-refractivity contribution in [2.75, 3.05) is 13.1 Å². The highest BCUT2D eigenvalue weighted by atomic mass is 35.5. The maximum absolute atomic E-state index is 12.5. The van der Waals surface area contributed by atoms with Gasteiger partial charge in [-0.05, 0) is 37.8 Å². The van der Waals surface area contributed by atoms with E-state index in [-0.39, 0.29) is 36.9 Å². The van der Waals surface area contributed by atoms with E-state index in [1.807, 2.05) is 30.3 Å². The van der Waals surface area contributed by atoms with Crippen molar-refractivity contribution in [3.63, 3.8) is 0 Å². The first-order valence-electron chi connectivity index (χ1n) is 8.00. The van der Waals surface area contributed by atoms with E-state index >= 15 is 0 Å². The molecule has 1 aromatic rings. The Balaban J connectivity index is 0.00000192. The topological polar surface area (TPSA) is 58.6 Å². The molecule has 0 saturated carbocycles.